The van der Waals surface area contributed by atoms with Gasteiger partial charge in [0.05, 0.1) is 0 Å². The average Bonchev–Trinajstić information content (AvgIpc) is 2.81. The molecule has 1 saturated carbocycles. The van der Waals surface area contributed by atoms with E-state index >= 15 is 0 Å². The second kappa shape index (κ2) is 6.75. The molecule has 2 heterocycles. The van der Waals surface area contributed by atoms with E-state index in [1.807, 2.05) is 6.07 Å². The van der Waals surface area contributed by atoms with E-state index in [4.69, 9.17) is 11.6 Å². The van der Waals surface area contributed by atoms with Gasteiger partial charge in [0.2, 0.25) is 0 Å². The molecule has 1 aliphatic carbocycles. The molecule has 0 aromatic carbocycles. The molecule has 2 N–H and O–H groups in total. The quantitative estimate of drug-likeness (QED) is 0.880. The van der Waals surface area contributed by atoms with Gasteiger partial charge in [0.15, 0.2) is 5.15 Å². The van der Waals surface area contributed by atoms with Gasteiger partial charge in [-0.15, -0.1) is 35.0 Å². The monoisotopic (exact) mass is 310 g/mol. The van der Waals surface area contributed by atoms with Gasteiger partial charge in [-0.05, 0) is 49.9 Å². The van der Waals surface area contributed by atoms with Gasteiger partial charge in [0.25, 0.3) is 0 Å². The summed E-state index contributed by atoms with van der Waals surface area (Å²) in [6, 6.07) is 4.21. The third-order valence-corrected chi connectivity index (χ3v) is 3.84. The fourth-order valence-electron chi connectivity index (χ4n) is 2.89. The number of nitrogens with one attached hydrogen (secondary N) is 2. The Morgan fingerprint density at radius 3 is 2.33 bits per heavy atom. The van der Waals surface area contributed by atoms with Crippen LogP contribution in [0.1, 0.15) is 12.8 Å². The summed E-state index contributed by atoms with van der Waals surface area (Å²) in [5.74, 6) is 2.53. The highest BCUT2D eigenvalue weighted by molar-refractivity contribution is 6.29. The summed E-state index contributed by atoms with van der Waals surface area (Å²) in [4.78, 5) is 0. The molecule has 2 fully saturated rings. The Morgan fingerprint density at radius 1 is 1.11 bits per heavy atom. The number of hydrogen-bond donors (Lipinski definition) is 2. The van der Waals surface area contributed by atoms with Crippen molar-refractivity contribution in [3.05, 3.63) is 17.3 Å². The maximum Gasteiger partial charge on any atom is 0.151 e. The summed E-state index contributed by atoms with van der Waals surface area (Å²) >= 11 is 5.70. The van der Waals surface area contributed by atoms with Gasteiger partial charge in [-0.2, -0.15) is 0 Å². The Kier molecular flexibility index (Phi) is 5.92. The highest BCUT2D eigenvalue weighted by Gasteiger charge is 2.37. The molecule has 1 aliphatic heterocycles. The van der Waals surface area contributed by atoms with Crippen molar-refractivity contribution in [2.75, 3.05) is 18.4 Å². The first-order valence-electron chi connectivity index (χ1n) is 5.78. The van der Waals surface area contributed by atoms with E-state index in [1.165, 1.54) is 25.9 Å². The Morgan fingerprint density at radius 2 is 1.78 bits per heavy atom. The molecule has 0 bridgehead atoms. The number of halogens is 3. The van der Waals surface area contributed by atoms with Crippen molar-refractivity contribution in [1.82, 2.24) is 15.5 Å². The Labute approximate surface area is 124 Å². The zero-order chi connectivity index (χ0) is 11.0. The van der Waals surface area contributed by atoms with Gasteiger partial charge in [-0.3, -0.25) is 0 Å². The Balaban J connectivity index is 0.000000810. The SMILES string of the molecule is Cl.Cl.Clc1ccc(NC2CC3CNCC3C2)nn1. The first kappa shape index (κ1) is 15.8. The standard InChI is InChI=1S/C11H15ClN4.2ClH/c12-10-1-2-11(16-15-10)14-9-3-7-5-13-6-8(7)4-9;;/h1-2,7-9,13H,3-6H2,(H,14,16);2*1H. The van der Waals surface area contributed by atoms with Gasteiger partial charge in [-0.25, -0.2) is 0 Å². The number of hydrogen-bond acceptors (Lipinski definition) is 4. The van der Waals surface area contributed by atoms with Crippen LogP contribution < -0.4 is 10.6 Å². The van der Waals surface area contributed by atoms with Crippen molar-refractivity contribution in [2.45, 2.75) is 18.9 Å². The van der Waals surface area contributed by atoms with E-state index in [9.17, 15) is 0 Å². The summed E-state index contributed by atoms with van der Waals surface area (Å²) in [5.41, 5.74) is 0. The Hall–Kier alpha value is -0.290. The van der Waals surface area contributed by atoms with Gasteiger partial charge in [0.1, 0.15) is 5.82 Å². The van der Waals surface area contributed by atoms with Crippen LogP contribution in [-0.4, -0.2) is 29.3 Å². The third-order valence-electron chi connectivity index (χ3n) is 3.64. The van der Waals surface area contributed by atoms with Crippen LogP contribution in [0.5, 0.6) is 0 Å². The maximum absolute atomic E-state index is 5.70. The highest BCUT2D eigenvalue weighted by Crippen LogP contribution is 2.35. The second-order valence-corrected chi connectivity index (χ2v) is 5.12. The number of rotatable bonds is 2. The summed E-state index contributed by atoms with van der Waals surface area (Å²) in [7, 11) is 0. The van der Waals surface area contributed by atoms with Crippen molar-refractivity contribution in [3.63, 3.8) is 0 Å². The third kappa shape index (κ3) is 3.38. The lowest BCUT2D eigenvalue weighted by Gasteiger charge is -2.13. The number of fused-ring (bicyclic) bond motifs is 1. The minimum atomic E-state index is 0. The molecular formula is C11H17Cl3N4. The maximum atomic E-state index is 5.70. The molecule has 102 valence electrons. The van der Waals surface area contributed by atoms with E-state index < -0.39 is 0 Å². The second-order valence-electron chi connectivity index (χ2n) is 4.73. The molecule has 18 heavy (non-hydrogen) atoms. The minimum absolute atomic E-state index is 0. The van der Waals surface area contributed by atoms with E-state index in [2.05, 4.69) is 20.8 Å². The van der Waals surface area contributed by atoms with Crippen molar-refractivity contribution in [2.24, 2.45) is 11.8 Å². The predicted molar refractivity (Wildman–Crippen MR) is 78.0 cm³/mol. The lowest BCUT2D eigenvalue weighted by molar-refractivity contribution is 0.494. The number of nitrogens with zero attached hydrogens (tertiary/aromatic N) is 2. The fourth-order valence-corrected chi connectivity index (χ4v) is 2.99. The summed E-state index contributed by atoms with van der Waals surface area (Å²) in [5, 5.41) is 15.2. The zero-order valence-electron chi connectivity index (χ0n) is 9.80. The van der Waals surface area contributed by atoms with E-state index in [1.54, 1.807) is 6.07 Å². The van der Waals surface area contributed by atoms with Crippen LogP contribution in [0.15, 0.2) is 12.1 Å². The summed E-state index contributed by atoms with van der Waals surface area (Å²) in [6.07, 6.45) is 2.48. The zero-order valence-corrected chi connectivity index (χ0v) is 12.2. The molecule has 0 spiro atoms. The molecule has 4 nitrogen and oxygen atoms in total. The van der Waals surface area contributed by atoms with Crippen molar-refractivity contribution < 1.29 is 0 Å². The smallest absolute Gasteiger partial charge is 0.151 e. The van der Waals surface area contributed by atoms with Gasteiger partial charge in [-0.1, -0.05) is 11.6 Å². The van der Waals surface area contributed by atoms with E-state index in [0.717, 1.165) is 17.7 Å². The van der Waals surface area contributed by atoms with Crippen LogP contribution in [0.25, 0.3) is 0 Å². The molecule has 2 atom stereocenters. The molecule has 1 aromatic heterocycles. The summed E-state index contributed by atoms with van der Waals surface area (Å²) < 4.78 is 0. The average molecular weight is 312 g/mol. The van der Waals surface area contributed by atoms with Crippen LogP contribution in [-0.2, 0) is 0 Å². The lowest BCUT2D eigenvalue weighted by atomic mass is 10.0. The fraction of sp³-hybridized carbons (Fsp3) is 0.636. The topological polar surface area (TPSA) is 49.8 Å². The summed E-state index contributed by atoms with van der Waals surface area (Å²) in [6.45, 7) is 2.35. The molecule has 2 aliphatic rings. The van der Waals surface area contributed by atoms with Crippen LogP contribution in [0.2, 0.25) is 5.15 Å². The number of anilines is 1. The van der Waals surface area contributed by atoms with Crippen LogP contribution in [0, 0.1) is 11.8 Å². The largest absolute Gasteiger partial charge is 0.366 e. The predicted octanol–water partition coefficient (Wildman–Crippen LogP) is 2.38. The number of aromatic nitrogens is 2. The molecule has 0 radical (unpaired) electrons. The van der Waals surface area contributed by atoms with Crippen LogP contribution in [0.3, 0.4) is 0 Å². The molecule has 2 unspecified atom stereocenters. The minimum Gasteiger partial charge on any atom is -0.366 e. The van der Waals surface area contributed by atoms with Crippen LogP contribution >= 0.6 is 36.4 Å². The lowest BCUT2D eigenvalue weighted by Crippen LogP contribution is -2.21. The first-order chi connectivity index (χ1) is 7.81. The van der Waals surface area contributed by atoms with E-state index in [-0.39, 0.29) is 24.8 Å². The molecule has 1 saturated heterocycles. The first-order valence-corrected chi connectivity index (χ1v) is 6.15. The van der Waals surface area contributed by atoms with Crippen molar-refractivity contribution >= 4 is 42.2 Å². The van der Waals surface area contributed by atoms with Crippen LogP contribution in [0.4, 0.5) is 5.82 Å². The molecule has 7 heteroatoms. The molecular weight excluding hydrogens is 295 g/mol. The normalized spacial score (nSPS) is 29.1. The Bertz CT molecular complexity index is 361. The highest BCUT2D eigenvalue weighted by atomic mass is 35.5. The molecule has 1 aromatic rings. The van der Waals surface area contributed by atoms with Gasteiger partial charge in [0, 0.05) is 6.04 Å². The molecule has 3 rings (SSSR count). The van der Waals surface area contributed by atoms with Crippen molar-refractivity contribution in [1.29, 1.82) is 0 Å². The van der Waals surface area contributed by atoms with Gasteiger partial charge < -0.3 is 10.6 Å². The molecule has 0 amide bonds. The van der Waals surface area contributed by atoms with Crippen molar-refractivity contribution in [3.8, 4) is 0 Å². The van der Waals surface area contributed by atoms with E-state index in [0.29, 0.717) is 11.2 Å². The van der Waals surface area contributed by atoms with Gasteiger partial charge >= 0.3 is 0 Å².